The predicted molar refractivity (Wildman–Crippen MR) is 56.0 cm³/mol. The molecule has 1 fully saturated rings. The van der Waals surface area contributed by atoms with E-state index in [9.17, 15) is 8.78 Å². The summed E-state index contributed by atoms with van der Waals surface area (Å²) in [5.74, 6) is 0. The van der Waals surface area contributed by atoms with E-state index >= 15 is 0 Å². The van der Waals surface area contributed by atoms with Crippen LogP contribution in [0.5, 0.6) is 0 Å². The third kappa shape index (κ3) is 2.02. The van der Waals surface area contributed by atoms with E-state index in [1.54, 1.807) is 12.1 Å². The molecule has 0 aliphatic carbocycles. The molecule has 1 heterocycles. The molecular weight excluding hydrogens is 196 g/mol. The zero-order valence-corrected chi connectivity index (χ0v) is 8.76. The third-order valence-electron chi connectivity index (χ3n) is 3.14. The number of benzene rings is 1. The molecule has 15 heavy (non-hydrogen) atoms. The van der Waals surface area contributed by atoms with Crippen LogP contribution in [0.3, 0.4) is 0 Å². The molecule has 1 aromatic carbocycles. The second-order valence-corrected chi connectivity index (χ2v) is 4.29. The van der Waals surface area contributed by atoms with Gasteiger partial charge in [-0.15, -0.1) is 0 Å². The topological polar surface area (TPSA) is 12.0 Å². The Labute approximate surface area is 88.5 Å². The maximum atomic E-state index is 12.5. The van der Waals surface area contributed by atoms with Gasteiger partial charge < -0.3 is 5.32 Å². The van der Waals surface area contributed by atoms with Crippen LogP contribution >= 0.6 is 0 Å². The number of hydrogen-bond acceptors (Lipinski definition) is 1. The largest absolute Gasteiger partial charge is 0.308 e. The van der Waals surface area contributed by atoms with Crippen molar-refractivity contribution in [1.82, 2.24) is 5.32 Å². The normalized spacial score (nSPS) is 26.1. The van der Waals surface area contributed by atoms with E-state index in [4.69, 9.17) is 0 Å². The maximum absolute atomic E-state index is 12.5. The summed E-state index contributed by atoms with van der Waals surface area (Å²) in [6.45, 7) is 3.04. The molecule has 1 aliphatic heterocycles. The number of halogens is 2. The molecule has 1 nitrogen and oxygen atoms in total. The first kappa shape index (κ1) is 10.6. The fourth-order valence-corrected chi connectivity index (χ4v) is 2.16. The third-order valence-corrected chi connectivity index (χ3v) is 3.14. The Morgan fingerprint density at radius 1 is 1.40 bits per heavy atom. The lowest BCUT2D eigenvalue weighted by atomic mass is 9.89. The van der Waals surface area contributed by atoms with E-state index in [-0.39, 0.29) is 11.1 Å². The molecule has 1 N–H and O–H groups in total. The highest BCUT2D eigenvalue weighted by molar-refractivity contribution is 5.30. The van der Waals surface area contributed by atoms with Crippen molar-refractivity contribution in [3.05, 3.63) is 35.4 Å². The van der Waals surface area contributed by atoms with Gasteiger partial charge in [-0.3, -0.25) is 0 Å². The predicted octanol–water partition coefficient (Wildman–Crippen LogP) is 3.22. The minimum absolute atomic E-state index is 0.113. The van der Waals surface area contributed by atoms with Gasteiger partial charge >= 0.3 is 0 Å². The minimum atomic E-state index is -2.38. The Morgan fingerprint density at radius 2 is 2.20 bits per heavy atom. The lowest BCUT2D eigenvalue weighted by molar-refractivity contribution is 0.151. The number of hydrogen-bond donors (Lipinski definition) is 1. The van der Waals surface area contributed by atoms with Gasteiger partial charge in [0.15, 0.2) is 0 Å². The Bertz CT molecular complexity index is 343. The zero-order valence-electron chi connectivity index (χ0n) is 8.76. The molecule has 0 amide bonds. The monoisotopic (exact) mass is 211 g/mol. The van der Waals surface area contributed by atoms with Crippen molar-refractivity contribution in [2.45, 2.75) is 31.7 Å². The lowest BCUT2D eigenvalue weighted by Crippen LogP contribution is -2.33. The van der Waals surface area contributed by atoms with E-state index in [1.165, 1.54) is 6.07 Å². The summed E-state index contributed by atoms with van der Waals surface area (Å²) in [6.07, 6.45) is -0.260. The molecule has 0 saturated carbocycles. The van der Waals surface area contributed by atoms with Crippen molar-refractivity contribution >= 4 is 0 Å². The van der Waals surface area contributed by atoms with E-state index in [2.05, 4.69) is 12.2 Å². The van der Waals surface area contributed by atoms with Gasteiger partial charge in [0.2, 0.25) is 0 Å². The first-order chi connectivity index (χ1) is 7.12. The van der Waals surface area contributed by atoms with Crippen molar-refractivity contribution in [3.8, 4) is 0 Å². The summed E-state index contributed by atoms with van der Waals surface area (Å²) < 4.78 is 25.1. The molecule has 0 bridgehead atoms. The maximum Gasteiger partial charge on any atom is 0.263 e. The molecule has 1 aliphatic rings. The van der Waals surface area contributed by atoms with Crippen LogP contribution in [0.25, 0.3) is 0 Å². The van der Waals surface area contributed by atoms with Crippen LogP contribution in [0, 0.1) is 0 Å². The van der Waals surface area contributed by atoms with Gasteiger partial charge in [-0.1, -0.05) is 18.2 Å². The molecule has 0 spiro atoms. The summed E-state index contributed by atoms with van der Waals surface area (Å²) >= 11 is 0. The van der Waals surface area contributed by atoms with Gasteiger partial charge in [-0.05, 0) is 37.9 Å². The van der Waals surface area contributed by atoms with Gasteiger partial charge in [0.25, 0.3) is 6.43 Å². The highest BCUT2D eigenvalue weighted by Crippen LogP contribution is 2.32. The summed E-state index contributed by atoms with van der Waals surface area (Å²) in [7, 11) is 0. The van der Waals surface area contributed by atoms with Crippen LogP contribution in [-0.4, -0.2) is 6.54 Å². The lowest BCUT2D eigenvalue weighted by Gasteiger charge is -2.25. The van der Waals surface area contributed by atoms with Crippen molar-refractivity contribution in [1.29, 1.82) is 0 Å². The van der Waals surface area contributed by atoms with Crippen LogP contribution in [0.1, 0.15) is 37.3 Å². The fourth-order valence-electron chi connectivity index (χ4n) is 2.16. The number of rotatable bonds is 2. The summed E-state index contributed by atoms with van der Waals surface area (Å²) in [5.41, 5.74) is 0.963. The van der Waals surface area contributed by atoms with Gasteiger partial charge in [-0.25, -0.2) is 8.78 Å². The minimum Gasteiger partial charge on any atom is -0.308 e. The van der Waals surface area contributed by atoms with Crippen molar-refractivity contribution in [2.75, 3.05) is 6.54 Å². The quantitative estimate of drug-likeness (QED) is 0.792. The van der Waals surface area contributed by atoms with Gasteiger partial charge in [0.1, 0.15) is 0 Å². The molecule has 82 valence electrons. The van der Waals surface area contributed by atoms with Crippen LogP contribution in [0.15, 0.2) is 24.3 Å². The standard InChI is InChI=1S/C12H15F2N/c1-12(6-3-7-15-12)10-5-2-4-9(8-10)11(13)14/h2,4-5,8,11,15H,3,6-7H2,1H3. The van der Waals surface area contributed by atoms with E-state index < -0.39 is 6.43 Å². The highest BCUT2D eigenvalue weighted by Gasteiger charge is 2.30. The molecule has 1 saturated heterocycles. The van der Waals surface area contributed by atoms with Crippen LogP contribution in [-0.2, 0) is 5.54 Å². The fraction of sp³-hybridized carbons (Fsp3) is 0.500. The van der Waals surface area contributed by atoms with Crippen LogP contribution in [0.4, 0.5) is 8.78 Å². The number of nitrogens with one attached hydrogen (secondary N) is 1. The van der Waals surface area contributed by atoms with Crippen molar-refractivity contribution < 1.29 is 8.78 Å². The molecular formula is C12H15F2N. The van der Waals surface area contributed by atoms with Gasteiger partial charge in [-0.2, -0.15) is 0 Å². The van der Waals surface area contributed by atoms with E-state index in [0.717, 1.165) is 24.9 Å². The smallest absolute Gasteiger partial charge is 0.263 e. The van der Waals surface area contributed by atoms with E-state index in [0.29, 0.717) is 0 Å². The second kappa shape index (κ2) is 3.89. The van der Waals surface area contributed by atoms with Crippen molar-refractivity contribution in [3.63, 3.8) is 0 Å². The SMILES string of the molecule is CC1(c2cccc(C(F)F)c2)CCCN1. The average molecular weight is 211 g/mol. The van der Waals surface area contributed by atoms with Gasteiger partial charge in [0.05, 0.1) is 0 Å². The molecule has 0 radical (unpaired) electrons. The molecule has 2 rings (SSSR count). The Morgan fingerprint density at radius 3 is 2.80 bits per heavy atom. The summed E-state index contributed by atoms with van der Waals surface area (Å²) in [6, 6.07) is 6.72. The molecule has 1 atom stereocenters. The van der Waals surface area contributed by atoms with Crippen LogP contribution in [0.2, 0.25) is 0 Å². The van der Waals surface area contributed by atoms with E-state index in [1.807, 2.05) is 6.07 Å². The Hall–Kier alpha value is -0.960. The summed E-state index contributed by atoms with van der Waals surface area (Å²) in [5, 5.41) is 3.37. The first-order valence-corrected chi connectivity index (χ1v) is 5.25. The Kier molecular flexibility index (Phi) is 2.74. The molecule has 1 aromatic rings. The summed E-state index contributed by atoms with van der Waals surface area (Å²) in [4.78, 5) is 0. The molecule has 1 unspecified atom stereocenters. The first-order valence-electron chi connectivity index (χ1n) is 5.25. The highest BCUT2D eigenvalue weighted by atomic mass is 19.3. The van der Waals surface area contributed by atoms with Gasteiger partial charge in [0, 0.05) is 11.1 Å². The molecule has 0 aromatic heterocycles. The second-order valence-electron chi connectivity index (χ2n) is 4.29. The average Bonchev–Trinajstić information content (AvgIpc) is 2.67. The van der Waals surface area contributed by atoms with Crippen LogP contribution < -0.4 is 5.32 Å². The molecule has 3 heteroatoms. The Balaban J connectivity index is 2.31. The number of alkyl halides is 2. The van der Waals surface area contributed by atoms with Crippen molar-refractivity contribution in [2.24, 2.45) is 0 Å². The zero-order chi connectivity index (χ0) is 10.9.